The number of ketones is 2. The molecule has 3 aliphatic heterocycles. The second-order valence-electron chi connectivity index (χ2n) is 15.6. The van der Waals surface area contributed by atoms with Crippen LogP contribution in [0.4, 0.5) is 0 Å². The number of Topliss-reactive ketones (excluding diaryl/α,β-unsaturated/α-hetero) is 2. The van der Waals surface area contributed by atoms with Gasteiger partial charge in [0.25, 0.3) is 0 Å². The fourth-order valence-corrected chi connectivity index (χ4v) is 9.49. The lowest BCUT2D eigenvalue weighted by Gasteiger charge is -2.56. The molecule has 1 saturated heterocycles. The lowest BCUT2D eigenvalue weighted by atomic mass is 9.51. The molecule has 244 valence electrons. The molecule has 2 N–H and O–H groups in total. The van der Waals surface area contributed by atoms with E-state index in [1.54, 1.807) is 6.08 Å². The van der Waals surface area contributed by atoms with Crippen molar-refractivity contribution in [2.75, 3.05) is 0 Å². The minimum absolute atomic E-state index is 0.0576. The highest BCUT2D eigenvalue weighted by molar-refractivity contribution is 6.18. The van der Waals surface area contributed by atoms with Crippen LogP contribution in [0, 0.1) is 17.8 Å². The number of aromatic hydroxyl groups is 1. The topological polar surface area (TPSA) is 119 Å². The molecule has 6 unspecified atom stereocenters. The predicted octanol–water partition coefficient (Wildman–Crippen LogP) is 6.94. The van der Waals surface area contributed by atoms with Crippen LogP contribution in [0.1, 0.15) is 108 Å². The molecule has 8 nitrogen and oxygen atoms in total. The van der Waals surface area contributed by atoms with Crippen LogP contribution in [0.15, 0.2) is 46.6 Å². The smallest absolute Gasteiger partial charge is 0.330 e. The molecular weight excluding hydrogens is 584 g/mol. The fourth-order valence-electron chi connectivity index (χ4n) is 9.49. The van der Waals surface area contributed by atoms with Crippen molar-refractivity contribution < 1.29 is 38.8 Å². The summed E-state index contributed by atoms with van der Waals surface area (Å²) in [4.78, 5) is 41.1. The van der Waals surface area contributed by atoms with E-state index in [4.69, 9.17) is 14.2 Å². The van der Waals surface area contributed by atoms with Crippen LogP contribution < -0.4 is 9.47 Å². The molecule has 8 heteroatoms. The summed E-state index contributed by atoms with van der Waals surface area (Å²) in [6, 6.07) is 0. The van der Waals surface area contributed by atoms with Crippen LogP contribution in [0.2, 0.25) is 0 Å². The lowest BCUT2D eigenvalue weighted by molar-refractivity contribution is -0.171. The highest BCUT2D eigenvalue weighted by atomic mass is 16.6. The maximum atomic E-state index is 15.0. The summed E-state index contributed by atoms with van der Waals surface area (Å²) in [5.41, 5.74) is -0.435. The van der Waals surface area contributed by atoms with Gasteiger partial charge in [0, 0.05) is 52.4 Å². The number of phenols is 1. The van der Waals surface area contributed by atoms with Crippen LogP contribution in [-0.2, 0) is 20.7 Å². The predicted molar refractivity (Wildman–Crippen MR) is 171 cm³/mol. The van der Waals surface area contributed by atoms with E-state index in [9.17, 15) is 24.6 Å². The number of carbonyl (C=O) groups excluding carboxylic acids is 2. The van der Waals surface area contributed by atoms with Crippen LogP contribution in [-0.4, -0.2) is 50.2 Å². The number of aliphatic carboxylic acids is 1. The molecule has 2 fully saturated rings. The molecule has 1 aromatic carbocycles. The standard InChI is InChI=1S/C38H44O8/c1-18(2)9-11-22-31-27(23-15-19(3)10-12-24(23)35(5,6)44-31)30(40)28-29(39)25-16-21-17-26-36(7,8)46-37(33(21)41,14-13-20(4)34(42)43)38(25,26)45-32(22)28/h9,13,15-16,21,23-24,26,40H,10-12,14,17H2,1-8H3,(H,42,43). The number of ether oxygens (including phenoxy) is 3. The van der Waals surface area contributed by atoms with Gasteiger partial charge in [-0.15, -0.1) is 0 Å². The second-order valence-corrected chi connectivity index (χ2v) is 15.6. The Kier molecular flexibility index (Phi) is 6.53. The molecule has 7 aliphatic rings. The Morgan fingerprint density at radius 2 is 1.74 bits per heavy atom. The minimum Gasteiger partial charge on any atom is -0.507 e. The van der Waals surface area contributed by atoms with Gasteiger partial charge in [-0.2, -0.15) is 0 Å². The van der Waals surface area contributed by atoms with Gasteiger partial charge in [-0.05, 0) is 81.1 Å². The molecule has 1 aromatic rings. The van der Waals surface area contributed by atoms with Gasteiger partial charge in [0.15, 0.2) is 22.8 Å². The Morgan fingerprint density at radius 1 is 1.02 bits per heavy atom. The largest absolute Gasteiger partial charge is 0.507 e. The first kappa shape index (κ1) is 31.0. The monoisotopic (exact) mass is 628 g/mol. The molecule has 1 saturated carbocycles. The minimum atomic E-state index is -1.62. The summed E-state index contributed by atoms with van der Waals surface area (Å²) >= 11 is 0. The quantitative estimate of drug-likeness (QED) is 0.266. The van der Waals surface area contributed by atoms with E-state index in [1.807, 2.05) is 27.7 Å². The van der Waals surface area contributed by atoms with Gasteiger partial charge >= 0.3 is 5.97 Å². The molecule has 6 atom stereocenters. The molecule has 8 rings (SSSR count). The molecule has 3 heterocycles. The van der Waals surface area contributed by atoms with Crippen molar-refractivity contribution in [1.82, 2.24) is 0 Å². The zero-order valence-corrected chi connectivity index (χ0v) is 28.0. The van der Waals surface area contributed by atoms with Crippen molar-refractivity contribution in [3.8, 4) is 17.2 Å². The second kappa shape index (κ2) is 9.69. The maximum absolute atomic E-state index is 15.0. The number of carboxylic acid groups (broad SMARTS) is 1. The first-order valence-electron chi connectivity index (χ1n) is 16.5. The average molecular weight is 629 g/mol. The van der Waals surface area contributed by atoms with E-state index in [-0.39, 0.29) is 58.4 Å². The molecule has 46 heavy (non-hydrogen) atoms. The van der Waals surface area contributed by atoms with E-state index in [0.717, 1.165) is 18.4 Å². The van der Waals surface area contributed by atoms with Crippen molar-refractivity contribution >= 4 is 17.5 Å². The molecule has 4 bridgehead atoms. The highest BCUT2D eigenvalue weighted by Crippen LogP contribution is 2.69. The van der Waals surface area contributed by atoms with Crippen molar-refractivity contribution in [2.24, 2.45) is 17.8 Å². The number of rotatable bonds is 5. The van der Waals surface area contributed by atoms with Crippen molar-refractivity contribution in [2.45, 2.75) is 116 Å². The number of fused-ring (bicyclic) bond motifs is 4. The maximum Gasteiger partial charge on any atom is 0.330 e. The van der Waals surface area contributed by atoms with Crippen molar-refractivity contribution in [3.05, 3.63) is 63.3 Å². The van der Waals surface area contributed by atoms with Gasteiger partial charge < -0.3 is 24.4 Å². The van der Waals surface area contributed by atoms with E-state index in [2.05, 4.69) is 32.9 Å². The van der Waals surface area contributed by atoms with Gasteiger partial charge in [-0.1, -0.05) is 35.5 Å². The highest BCUT2D eigenvalue weighted by Gasteiger charge is 2.81. The number of allylic oxidation sites excluding steroid dienone is 5. The van der Waals surface area contributed by atoms with E-state index in [0.29, 0.717) is 35.3 Å². The first-order valence-corrected chi connectivity index (χ1v) is 16.5. The third kappa shape index (κ3) is 3.85. The Bertz CT molecular complexity index is 1750. The van der Waals surface area contributed by atoms with Crippen LogP contribution >= 0.6 is 0 Å². The summed E-state index contributed by atoms with van der Waals surface area (Å²) in [5, 5.41) is 21.8. The summed E-state index contributed by atoms with van der Waals surface area (Å²) in [6.07, 6.45) is 10.1. The van der Waals surface area contributed by atoms with E-state index in [1.165, 1.54) is 18.6 Å². The molecule has 1 spiro atoms. The van der Waals surface area contributed by atoms with Gasteiger partial charge in [-0.3, -0.25) is 9.59 Å². The first-order chi connectivity index (χ1) is 21.5. The third-order valence-corrected chi connectivity index (χ3v) is 11.7. The van der Waals surface area contributed by atoms with Gasteiger partial charge in [-0.25, -0.2) is 4.79 Å². The normalized spacial score (nSPS) is 34.2. The Morgan fingerprint density at radius 3 is 2.41 bits per heavy atom. The van der Waals surface area contributed by atoms with Crippen LogP contribution in [0.5, 0.6) is 17.2 Å². The third-order valence-electron chi connectivity index (χ3n) is 11.7. The van der Waals surface area contributed by atoms with Gasteiger partial charge in [0.05, 0.1) is 5.60 Å². The van der Waals surface area contributed by atoms with E-state index >= 15 is 0 Å². The zero-order valence-electron chi connectivity index (χ0n) is 28.0. The summed E-state index contributed by atoms with van der Waals surface area (Å²) in [6.45, 7) is 15.6. The molecule has 0 amide bonds. The SMILES string of the molecule is CC(C)=CCc1c2c(c(O)c3c1OC(C)(C)C1CCC(C)=CC31)C(=O)C1=CC3CC4C(C)(C)OC(CC=C(C)C(=O)O)(C3=O)C14O2. The Balaban J connectivity index is 1.53. The lowest BCUT2D eigenvalue weighted by Crippen LogP contribution is -2.72. The summed E-state index contributed by atoms with van der Waals surface area (Å²) in [7, 11) is 0. The number of carbonyl (C=O) groups is 3. The zero-order chi connectivity index (χ0) is 33.3. The van der Waals surface area contributed by atoms with Crippen LogP contribution in [0.3, 0.4) is 0 Å². The van der Waals surface area contributed by atoms with Gasteiger partial charge in [0.1, 0.15) is 28.4 Å². The number of benzene rings is 1. The van der Waals surface area contributed by atoms with Crippen molar-refractivity contribution in [1.29, 1.82) is 0 Å². The number of hydrogen-bond donors (Lipinski definition) is 2. The summed E-state index contributed by atoms with van der Waals surface area (Å²) < 4.78 is 20.8. The Hall–Kier alpha value is -3.65. The Labute approximate surface area is 270 Å². The number of phenolic OH excluding ortho intramolecular Hbond substituents is 1. The van der Waals surface area contributed by atoms with Crippen LogP contribution in [0.25, 0.3) is 0 Å². The number of hydrogen-bond acceptors (Lipinski definition) is 7. The molecule has 4 aliphatic carbocycles. The average Bonchev–Trinajstić information content (AvgIpc) is 3.11. The molecule has 0 aromatic heterocycles. The van der Waals surface area contributed by atoms with Gasteiger partial charge in [0.2, 0.25) is 0 Å². The molecule has 0 radical (unpaired) electrons. The molecular formula is C38H44O8. The van der Waals surface area contributed by atoms with E-state index < -0.39 is 34.3 Å². The fraction of sp³-hybridized carbons (Fsp3) is 0.553. The number of carboxylic acids is 1. The summed E-state index contributed by atoms with van der Waals surface area (Å²) in [5.74, 6) is -2.04. The van der Waals surface area contributed by atoms with Crippen molar-refractivity contribution in [3.63, 3.8) is 0 Å².